The SMILES string of the molecule is C/C=C\C1=C(C)C(c2cccc(-c3ccc(-c4ccc(-c5cccc(-n6c7ccccc7c7cc(-c8ccc9c(c8)c8ccccc8n9-c8ccc(-c9ccccc9)cc8)ccc76)c5)cc4)cc3)c2)(c2ccccc2-c2ccc(-c3ccccc3)cc2)c2ccccc21. The Balaban J connectivity index is 0.665. The molecule has 0 amide bonds. The van der Waals surface area contributed by atoms with E-state index in [-0.39, 0.29) is 0 Å². The van der Waals surface area contributed by atoms with Crippen LogP contribution in [-0.2, 0) is 5.41 Å². The van der Waals surface area contributed by atoms with E-state index >= 15 is 0 Å². The van der Waals surface area contributed by atoms with Gasteiger partial charge in [0.25, 0.3) is 0 Å². The molecule has 0 saturated heterocycles. The maximum atomic E-state index is 2.44. The van der Waals surface area contributed by atoms with Gasteiger partial charge in [-0.3, -0.25) is 0 Å². The van der Waals surface area contributed by atoms with Gasteiger partial charge < -0.3 is 9.13 Å². The lowest BCUT2D eigenvalue weighted by Gasteiger charge is -2.36. The predicted molar refractivity (Wildman–Crippen MR) is 393 cm³/mol. The van der Waals surface area contributed by atoms with Crippen molar-refractivity contribution in [3.8, 4) is 89.3 Å². The van der Waals surface area contributed by atoms with Crippen molar-refractivity contribution in [3.05, 3.63) is 380 Å². The van der Waals surface area contributed by atoms with Crippen LogP contribution in [0.3, 0.4) is 0 Å². The van der Waals surface area contributed by atoms with Gasteiger partial charge in [0.05, 0.1) is 27.5 Å². The molecule has 14 aromatic carbocycles. The largest absolute Gasteiger partial charge is 0.309 e. The van der Waals surface area contributed by atoms with E-state index in [1.165, 1.54) is 155 Å². The molecule has 1 atom stereocenters. The van der Waals surface area contributed by atoms with Gasteiger partial charge in [-0.25, -0.2) is 0 Å². The van der Waals surface area contributed by atoms with Crippen LogP contribution in [0.1, 0.15) is 36.1 Å². The number of hydrogen-bond acceptors (Lipinski definition) is 0. The molecule has 0 saturated carbocycles. The molecule has 0 N–H and O–H groups in total. The van der Waals surface area contributed by atoms with Crippen molar-refractivity contribution in [1.29, 1.82) is 0 Å². The Bertz CT molecular complexity index is 5590. The average molecular weight is 1190 g/mol. The van der Waals surface area contributed by atoms with Gasteiger partial charge in [-0.1, -0.05) is 285 Å². The summed E-state index contributed by atoms with van der Waals surface area (Å²) in [6.45, 7) is 4.48. The number of rotatable bonds is 12. The third-order valence-electron chi connectivity index (χ3n) is 19.6. The van der Waals surface area contributed by atoms with Crippen molar-refractivity contribution in [2.75, 3.05) is 0 Å². The summed E-state index contributed by atoms with van der Waals surface area (Å²) >= 11 is 0. The summed E-state index contributed by atoms with van der Waals surface area (Å²) in [7, 11) is 0. The second-order valence-corrected chi connectivity index (χ2v) is 24.7. The fourth-order valence-corrected chi connectivity index (χ4v) is 15.2. The third kappa shape index (κ3) is 9.33. The lowest BCUT2D eigenvalue weighted by molar-refractivity contribution is 0.745. The van der Waals surface area contributed by atoms with E-state index in [0.717, 1.165) is 11.4 Å². The number of nitrogens with zero attached hydrogens (tertiary/aromatic N) is 2. The Labute approximate surface area is 543 Å². The van der Waals surface area contributed by atoms with E-state index < -0.39 is 5.41 Å². The standard InChI is InChI=1S/C91H64N2/c1-3-20-78-61(2)91(86-34-15-11-30-80(78)86,85-33-14-10-29-79(85)70-47-45-64(46-48-70)62-21-6-4-7-22-62)75-27-18-25-71(57-75)68-41-37-65(38-42-68)66-39-43-69(44-40-66)72-26-19-28-77(58-72)93-88-36-17-13-32-82(88)84-60-74(52-56-90(84)93)73-51-55-89-83(59-73)81-31-12-16-35-87(81)92(89)76-53-49-67(50-54-76)63-23-8-5-9-24-63/h3-60H,1-2H3/b20-3-. The fraction of sp³-hybridized carbons (Fsp3) is 0.0330. The monoisotopic (exact) mass is 1180 g/mol. The molecule has 1 unspecified atom stereocenters. The number of allylic oxidation sites excluding steroid dienone is 4. The van der Waals surface area contributed by atoms with Crippen LogP contribution in [0, 0.1) is 0 Å². The van der Waals surface area contributed by atoms with Crippen LogP contribution in [-0.4, -0.2) is 9.13 Å². The number of para-hydroxylation sites is 2. The molecule has 2 nitrogen and oxygen atoms in total. The Kier molecular flexibility index (Phi) is 13.6. The smallest absolute Gasteiger partial charge is 0.0679 e. The Morgan fingerprint density at radius 1 is 0.258 bits per heavy atom. The highest BCUT2D eigenvalue weighted by Gasteiger charge is 2.46. The summed E-state index contributed by atoms with van der Waals surface area (Å²) in [5, 5.41) is 4.95. The summed E-state index contributed by atoms with van der Waals surface area (Å²) < 4.78 is 4.83. The van der Waals surface area contributed by atoms with Crippen molar-refractivity contribution in [2.24, 2.45) is 0 Å². The minimum absolute atomic E-state index is 0.549. The minimum Gasteiger partial charge on any atom is -0.309 e. The lowest BCUT2D eigenvalue weighted by atomic mass is 9.65. The Morgan fingerprint density at radius 2 is 0.624 bits per heavy atom. The predicted octanol–water partition coefficient (Wildman–Crippen LogP) is 24.2. The van der Waals surface area contributed by atoms with Gasteiger partial charge in [-0.15, -0.1) is 0 Å². The molecule has 2 aromatic heterocycles. The molecule has 1 aliphatic rings. The van der Waals surface area contributed by atoms with Crippen LogP contribution in [0.4, 0.5) is 0 Å². The van der Waals surface area contributed by atoms with Gasteiger partial charge in [-0.2, -0.15) is 0 Å². The third-order valence-corrected chi connectivity index (χ3v) is 19.6. The highest BCUT2D eigenvalue weighted by molar-refractivity contribution is 6.13. The normalized spacial score (nSPS) is 13.9. The first kappa shape index (κ1) is 55.2. The van der Waals surface area contributed by atoms with E-state index in [1.807, 2.05) is 0 Å². The molecule has 93 heavy (non-hydrogen) atoms. The maximum absolute atomic E-state index is 2.44. The summed E-state index contributed by atoms with van der Waals surface area (Å²) in [6.07, 6.45) is 4.48. The molecule has 0 spiro atoms. The van der Waals surface area contributed by atoms with Gasteiger partial charge in [0.1, 0.15) is 0 Å². The first-order valence-corrected chi connectivity index (χ1v) is 32.3. The van der Waals surface area contributed by atoms with Gasteiger partial charge >= 0.3 is 0 Å². The zero-order chi connectivity index (χ0) is 62.0. The minimum atomic E-state index is -0.549. The van der Waals surface area contributed by atoms with Gasteiger partial charge in [-0.05, 0) is 192 Å². The van der Waals surface area contributed by atoms with E-state index in [0.29, 0.717) is 0 Å². The first-order chi connectivity index (χ1) is 46.0. The molecule has 0 fully saturated rings. The summed E-state index contributed by atoms with van der Waals surface area (Å²) in [5.74, 6) is 0. The number of aromatic nitrogens is 2. The van der Waals surface area contributed by atoms with Gasteiger partial charge in [0, 0.05) is 32.9 Å². The number of fused-ring (bicyclic) bond motifs is 7. The van der Waals surface area contributed by atoms with Gasteiger partial charge in [0.15, 0.2) is 0 Å². The fourth-order valence-electron chi connectivity index (χ4n) is 15.2. The quantitative estimate of drug-likeness (QED) is 0.115. The van der Waals surface area contributed by atoms with Crippen LogP contribution in [0.25, 0.3) is 138 Å². The molecule has 438 valence electrons. The molecule has 17 rings (SSSR count). The lowest BCUT2D eigenvalue weighted by Crippen LogP contribution is -2.29. The topological polar surface area (TPSA) is 9.86 Å². The molecular formula is C91H64N2. The molecule has 2 heteroatoms. The van der Waals surface area contributed by atoms with Gasteiger partial charge in [0.2, 0.25) is 0 Å². The first-order valence-electron chi connectivity index (χ1n) is 32.3. The Morgan fingerprint density at radius 3 is 1.16 bits per heavy atom. The molecular weight excluding hydrogens is 1120 g/mol. The second kappa shape index (κ2) is 22.9. The van der Waals surface area contributed by atoms with E-state index in [2.05, 4.69) is 375 Å². The maximum Gasteiger partial charge on any atom is 0.0679 e. The van der Waals surface area contributed by atoms with E-state index in [1.54, 1.807) is 0 Å². The Hall–Kier alpha value is -11.8. The van der Waals surface area contributed by atoms with Crippen molar-refractivity contribution in [3.63, 3.8) is 0 Å². The highest BCUT2D eigenvalue weighted by Crippen LogP contribution is 2.57. The highest BCUT2D eigenvalue weighted by atomic mass is 15.0. The zero-order valence-electron chi connectivity index (χ0n) is 51.9. The van der Waals surface area contributed by atoms with Crippen molar-refractivity contribution in [1.82, 2.24) is 9.13 Å². The molecule has 0 aliphatic heterocycles. The van der Waals surface area contributed by atoms with Crippen LogP contribution in [0.2, 0.25) is 0 Å². The van der Waals surface area contributed by atoms with E-state index in [4.69, 9.17) is 0 Å². The number of hydrogen-bond donors (Lipinski definition) is 0. The zero-order valence-corrected chi connectivity index (χ0v) is 51.9. The molecule has 2 heterocycles. The van der Waals surface area contributed by atoms with Crippen molar-refractivity contribution in [2.45, 2.75) is 19.3 Å². The van der Waals surface area contributed by atoms with Crippen molar-refractivity contribution < 1.29 is 0 Å². The molecule has 0 bridgehead atoms. The van der Waals surface area contributed by atoms with Crippen LogP contribution in [0.5, 0.6) is 0 Å². The van der Waals surface area contributed by atoms with Crippen molar-refractivity contribution >= 4 is 49.2 Å². The molecule has 1 aliphatic carbocycles. The number of benzene rings is 14. The second-order valence-electron chi connectivity index (χ2n) is 24.7. The summed E-state index contributed by atoms with van der Waals surface area (Å²) in [4.78, 5) is 0. The van der Waals surface area contributed by atoms with Crippen LogP contribution < -0.4 is 0 Å². The summed E-state index contributed by atoms with van der Waals surface area (Å²) in [6, 6.07) is 126. The molecule has 16 aromatic rings. The average Bonchev–Trinajstić information content (AvgIpc) is 1.58. The van der Waals surface area contributed by atoms with E-state index in [9.17, 15) is 0 Å². The van der Waals surface area contributed by atoms with Crippen LogP contribution >= 0.6 is 0 Å². The van der Waals surface area contributed by atoms with Crippen LogP contribution in [0.15, 0.2) is 357 Å². The molecule has 0 radical (unpaired) electrons. The summed E-state index contributed by atoms with van der Waals surface area (Å²) in [5.41, 5.74) is 31.0.